The van der Waals surface area contributed by atoms with Crippen molar-refractivity contribution in [2.45, 2.75) is 53.4 Å². The highest BCUT2D eigenvalue weighted by molar-refractivity contribution is 8.18. The van der Waals surface area contributed by atoms with Crippen LogP contribution in [-0.2, 0) is 10.9 Å². The molecule has 0 aliphatic carbocycles. The van der Waals surface area contributed by atoms with Gasteiger partial charge in [-0.1, -0.05) is 23.4 Å². The summed E-state index contributed by atoms with van der Waals surface area (Å²) < 4.78 is 89.9. The van der Waals surface area contributed by atoms with Crippen LogP contribution in [0.1, 0.15) is 35.3 Å². The number of hydrogen-bond acceptors (Lipinski definition) is 7. The van der Waals surface area contributed by atoms with Crippen LogP contribution in [0.5, 0.6) is 0 Å². The zero-order valence-corrected chi connectivity index (χ0v) is 22.8. The number of hydrogen-bond donors (Lipinski definition) is 5. The fourth-order valence-electron chi connectivity index (χ4n) is 5.98. The predicted molar refractivity (Wildman–Crippen MR) is 140 cm³/mol. The van der Waals surface area contributed by atoms with Crippen molar-refractivity contribution in [3.05, 3.63) is 71.2 Å². The van der Waals surface area contributed by atoms with Gasteiger partial charge in [-0.05, 0) is 23.8 Å². The van der Waals surface area contributed by atoms with Crippen molar-refractivity contribution in [2.24, 2.45) is 0 Å². The van der Waals surface area contributed by atoms with E-state index in [-0.39, 0.29) is 48.6 Å². The maximum atomic E-state index is 14.2. The van der Waals surface area contributed by atoms with Crippen LogP contribution in [0, 0.1) is 17.5 Å². The van der Waals surface area contributed by atoms with E-state index in [0.717, 1.165) is 10.7 Å². The number of thiol groups is 1. The molecule has 0 amide bonds. The zero-order valence-electron chi connectivity index (χ0n) is 21.9. The van der Waals surface area contributed by atoms with Crippen LogP contribution in [0.15, 0.2) is 42.6 Å². The van der Waals surface area contributed by atoms with E-state index in [1.54, 1.807) is 0 Å². The molecule has 230 valence electrons. The summed E-state index contributed by atoms with van der Waals surface area (Å²) in [4.78, 5) is 0. The zero-order chi connectivity index (χ0) is 30.4. The summed E-state index contributed by atoms with van der Waals surface area (Å²) >= 11 is 0. The Kier molecular flexibility index (Phi) is 8.62. The van der Waals surface area contributed by atoms with Gasteiger partial charge >= 0.3 is 6.18 Å². The van der Waals surface area contributed by atoms with E-state index in [4.69, 9.17) is 4.74 Å². The standard InChI is InChI=1S/C27H29F6N3O5S/c28-17-9-14(10-18(29)22(17)30)19-11-36(35-34-19)23-20(38)13-42(21(12-37)24(23)39)25(26(40)5-7-41-8-6-26)15-3-1-2-4-16(15)27(31,32)33/h1-4,9-11,20-21,23-25,37-40,42H,5-8,12-13H2/t20-,21+,23-,24-,25+/m0/s1. The summed E-state index contributed by atoms with van der Waals surface area (Å²) in [6.45, 7) is -0.494. The van der Waals surface area contributed by atoms with Crippen LogP contribution in [0.2, 0.25) is 0 Å². The molecule has 8 nitrogen and oxygen atoms in total. The van der Waals surface area contributed by atoms with Gasteiger partial charge < -0.3 is 25.2 Å². The fraction of sp³-hybridized carbons (Fsp3) is 0.481. The van der Waals surface area contributed by atoms with Crippen molar-refractivity contribution in [1.29, 1.82) is 0 Å². The molecular weight excluding hydrogens is 592 g/mol. The summed E-state index contributed by atoms with van der Waals surface area (Å²) in [5.41, 5.74) is -3.10. The minimum atomic E-state index is -4.76. The van der Waals surface area contributed by atoms with Gasteiger partial charge in [0.25, 0.3) is 0 Å². The molecule has 3 aromatic rings. The number of alkyl halides is 3. The van der Waals surface area contributed by atoms with Gasteiger partial charge in [0.05, 0.1) is 36.2 Å². The molecule has 0 bridgehead atoms. The van der Waals surface area contributed by atoms with E-state index in [1.807, 2.05) is 0 Å². The number of aromatic nitrogens is 3. The molecule has 0 spiro atoms. The van der Waals surface area contributed by atoms with Crippen LogP contribution in [0.3, 0.4) is 0 Å². The second kappa shape index (κ2) is 11.8. The highest BCUT2D eigenvalue weighted by atomic mass is 32.2. The van der Waals surface area contributed by atoms with Gasteiger partial charge in [-0.25, -0.2) is 28.7 Å². The lowest BCUT2D eigenvalue weighted by molar-refractivity contribution is -0.139. The number of benzene rings is 2. The third kappa shape index (κ3) is 5.65. The predicted octanol–water partition coefficient (Wildman–Crippen LogP) is 3.30. The van der Waals surface area contributed by atoms with Crippen molar-refractivity contribution < 1.29 is 51.5 Å². The fourth-order valence-corrected chi connectivity index (χ4v) is 9.73. The first-order valence-corrected chi connectivity index (χ1v) is 14.8. The Morgan fingerprint density at radius 3 is 2.33 bits per heavy atom. The summed E-state index contributed by atoms with van der Waals surface area (Å²) in [6, 6.07) is 4.98. The molecule has 6 atom stereocenters. The first kappa shape index (κ1) is 30.8. The van der Waals surface area contributed by atoms with Crippen LogP contribution >= 0.6 is 10.9 Å². The molecule has 1 unspecified atom stereocenters. The average Bonchev–Trinajstić information content (AvgIpc) is 3.41. The number of ether oxygens (including phenoxy) is 1. The van der Waals surface area contributed by atoms with E-state index >= 15 is 0 Å². The van der Waals surface area contributed by atoms with Gasteiger partial charge in [0.2, 0.25) is 0 Å². The molecule has 2 fully saturated rings. The number of aliphatic hydroxyl groups is 4. The van der Waals surface area contributed by atoms with Crippen molar-refractivity contribution in [2.75, 3.05) is 25.6 Å². The van der Waals surface area contributed by atoms with Gasteiger partial charge in [0.15, 0.2) is 17.5 Å². The molecule has 2 aliphatic heterocycles. The molecule has 2 aromatic carbocycles. The number of rotatable bonds is 6. The largest absolute Gasteiger partial charge is 0.416 e. The average molecular weight is 622 g/mol. The lowest BCUT2D eigenvalue weighted by Crippen LogP contribution is -2.53. The highest BCUT2D eigenvalue weighted by Gasteiger charge is 2.53. The monoisotopic (exact) mass is 621 g/mol. The maximum Gasteiger partial charge on any atom is 0.416 e. The molecule has 2 aliphatic rings. The van der Waals surface area contributed by atoms with E-state index < -0.39 is 81.0 Å². The Hall–Kier alpha value is -2.69. The Morgan fingerprint density at radius 2 is 1.71 bits per heavy atom. The molecule has 1 aromatic heterocycles. The third-order valence-electron chi connectivity index (χ3n) is 8.00. The number of aliphatic hydroxyl groups excluding tert-OH is 3. The lowest BCUT2D eigenvalue weighted by Gasteiger charge is -2.53. The number of nitrogens with zero attached hydrogens (tertiary/aromatic N) is 3. The van der Waals surface area contributed by atoms with Crippen molar-refractivity contribution >= 4 is 10.9 Å². The van der Waals surface area contributed by atoms with E-state index in [0.29, 0.717) is 12.1 Å². The Balaban J connectivity index is 1.53. The van der Waals surface area contributed by atoms with Crippen LogP contribution < -0.4 is 0 Å². The second-order valence-electron chi connectivity index (χ2n) is 10.5. The Labute approximate surface area is 238 Å². The molecule has 15 heteroatoms. The van der Waals surface area contributed by atoms with Crippen molar-refractivity contribution in [3.8, 4) is 11.3 Å². The van der Waals surface area contributed by atoms with E-state index in [1.165, 1.54) is 24.4 Å². The lowest BCUT2D eigenvalue weighted by atomic mass is 9.85. The van der Waals surface area contributed by atoms with E-state index in [9.17, 15) is 46.8 Å². The van der Waals surface area contributed by atoms with Crippen molar-refractivity contribution in [1.82, 2.24) is 15.0 Å². The first-order chi connectivity index (χ1) is 19.9. The molecule has 2 saturated heterocycles. The van der Waals surface area contributed by atoms with Gasteiger partial charge in [0.1, 0.15) is 11.7 Å². The summed E-state index contributed by atoms with van der Waals surface area (Å²) in [5, 5.41) is 50.4. The first-order valence-electron chi connectivity index (χ1n) is 13.1. The van der Waals surface area contributed by atoms with Gasteiger partial charge in [-0.15, -0.1) is 5.10 Å². The third-order valence-corrected chi connectivity index (χ3v) is 11.5. The summed E-state index contributed by atoms with van der Waals surface area (Å²) in [7, 11) is -1.91. The second-order valence-corrected chi connectivity index (χ2v) is 13.1. The van der Waals surface area contributed by atoms with E-state index in [2.05, 4.69) is 10.3 Å². The molecule has 42 heavy (non-hydrogen) atoms. The van der Waals surface area contributed by atoms with Gasteiger partial charge in [-0.3, -0.25) is 0 Å². The molecule has 0 saturated carbocycles. The quantitative estimate of drug-likeness (QED) is 0.163. The molecule has 4 N–H and O–H groups in total. The Morgan fingerprint density at radius 1 is 1.07 bits per heavy atom. The minimum absolute atomic E-state index is 0.00762. The normalized spacial score (nSPS) is 28.0. The molecule has 3 heterocycles. The van der Waals surface area contributed by atoms with Gasteiger partial charge in [-0.2, -0.15) is 13.2 Å². The summed E-state index contributed by atoms with van der Waals surface area (Å²) in [5.74, 6) is -4.77. The molecule has 5 rings (SSSR count). The van der Waals surface area contributed by atoms with Crippen molar-refractivity contribution in [3.63, 3.8) is 0 Å². The van der Waals surface area contributed by atoms with Crippen LogP contribution in [0.4, 0.5) is 26.3 Å². The SMILES string of the molecule is OC[C@@H]1[C@H](O)[C@@H](n2cc(-c3cc(F)c(F)c(F)c3)nn2)[C@@H](O)C[SH]1[C@H](c1ccccc1C(F)(F)F)C1(O)CCOCC1. The van der Waals surface area contributed by atoms with Crippen LogP contribution in [0.25, 0.3) is 11.3 Å². The highest BCUT2D eigenvalue weighted by Crippen LogP contribution is 2.60. The minimum Gasteiger partial charge on any atom is -0.395 e. The topological polar surface area (TPSA) is 121 Å². The number of halogens is 6. The Bertz CT molecular complexity index is 1400. The smallest absolute Gasteiger partial charge is 0.395 e. The molecular formula is C27H29F6N3O5S. The summed E-state index contributed by atoms with van der Waals surface area (Å²) in [6.07, 6.45) is -6.55. The van der Waals surface area contributed by atoms with Gasteiger partial charge in [0, 0.05) is 47.9 Å². The maximum absolute atomic E-state index is 14.2. The molecule has 0 radical (unpaired) electrons. The van der Waals surface area contributed by atoms with Crippen LogP contribution in [-0.4, -0.2) is 84.1 Å².